The summed E-state index contributed by atoms with van der Waals surface area (Å²) in [7, 11) is 0. The summed E-state index contributed by atoms with van der Waals surface area (Å²) in [5.74, 6) is 0.690. The minimum atomic E-state index is -0.252. The highest BCUT2D eigenvalue weighted by molar-refractivity contribution is 7.13. The van der Waals surface area contributed by atoms with Crippen LogP contribution in [0.3, 0.4) is 0 Å². The number of rotatable bonds is 5. The molecule has 0 aliphatic rings. The second-order valence-corrected chi connectivity index (χ2v) is 6.48. The predicted molar refractivity (Wildman–Crippen MR) is 101 cm³/mol. The van der Waals surface area contributed by atoms with Crippen LogP contribution in [-0.4, -0.2) is 25.7 Å². The van der Waals surface area contributed by atoms with E-state index in [1.165, 1.54) is 16.0 Å². The Kier molecular flexibility index (Phi) is 4.53. The highest BCUT2D eigenvalue weighted by Crippen LogP contribution is 2.23. The van der Waals surface area contributed by atoms with Gasteiger partial charge in [0.2, 0.25) is 5.95 Å². The summed E-state index contributed by atoms with van der Waals surface area (Å²) in [4.78, 5) is 22.3. The van der Waals surface area contributed by atoms with Gasteiger partial charge < -0.3 is 5.32 Å². The molecule has 0 aliphatic carbocycles. The van der Waals surface area contributed by atoms with Gasteiger partial charge in [-0.2, -0.15) is 9.67 Å². The third-order valence-corrected chi connectivity index (χ3v) is 4.63. The van der Waals surface area contributed by atoms with E-state index < -0.39 is 0 Å². The lowest BCUT2D eigenvalue weighted by Crippen LogP contribution is -2.17. The molecule has 0 bridgehead atoms. The van der Waals surface area contributed by atoms with E-state index in [1.807, 2.05) is 47.8 Å². The Bertz CT molecular complexity index is 997. The van der Waals surface area contributed by atoms with Crippen molar-refractivity contribution in [1.29, 1.82) is 0 Å². The molecule has 0 atom stereocenters. The lowest BCUT2D eigenvalue weighted by Gasteiger charge is -2.07. The lowest BCUT2D eigenvalue weighted by atomic mass is 10.2. The molecule has 0 amide bonds. The number of aromatic nitrogens is 4. The monoisotopic (exact) mass is 361 g/mol. The maximum Gasteiger partial charge on any atom is 0.281 e. The Labute approximate surface area is 154 Å². The van der Waals surface area contributed by atoms with Crippen LogP contribution in [0, 0.1) is 0 Å². The first-order chi connectivity index (χ1) is 12.8. The number of carbonyl (C=O) groups is 1. The van der Waals surface area contributed by atoms with Crippen molar-refractivity contribution >= 4 is 23.2 Å². The van der Waals surface area contributed by atoms with Gasteiger partial charge in [-0.05, 0) is 29.1 Å². The predicted octanol–water partition coefficient (Wildman–Crippen LogP) is 3.70. The number of carbonyl (C=O) groups excluding carboxylic acids is 1. The molecular formula is C19H15N5OS. The van der Waals surface area contributed by atoms with E-state index in [0.29, 0.717) is 23.9 Å². The Morgan fingerprint density at radius 1 is 1.04 bits per heavy atom. The van der Waals surface area contributed by atoms with Gasteiger partial charge in [0.05, 0.1) is 4.88 Å². The first-order valence-electron chi connectivity index (χ1n) is 8.05. The van der Waals surface area contributed by atoms with Gasteiger partial charge in [-0.15, -0.1) is 16.4 Å². The number of thiophene rings is 1. The van der Waals surface area contributed by atoms with E-state index in [9.17, 15) is 4.79 Å². The summed E-state index contributed by atoms with van der Waals surface area (Å²) in [5.41, 5.74) is 1.60. The molecule has 3 aromatic heterocycles. The lowest BCUT2D eigenvalue weighted by molar-refractivity contribution is 0.0947. The van der Waals surface area contributed by atoms with E-state index in [4.69, 9.17) is 0 Å². The molecule has 0 aliphatic heterocycles. The fourth-order valence-corrected chi connectivity index (χ4v) is 3.12. The van der Waals surface area contributed by atoms with Crippen molar-refractivity contribution in [3.8, 4) is 10.7 Å². The molecule has 1 aromatic carbocycles. The highest BCUT2D eigenvalue weighted by Gasteiger charge is 2.19. The molecule has 0 saturated heterocycles. The van der Waals surface area contributed by atoms with Crippen LogP contribution in [0.5, 0.6) is 0 Å². The van der Waals surface area contributed by atoms with Crippen molar-refractivity contribution in [3.05, 3.63) is 83.5 Å². The maximum absolute atomic E-state index is 12.9. The van der Waals surface area contributed by atoms with Crippen molar-refractivity contribution in [2.75, 3.05) is 5.32 Å². The van der Waals surface area contributed by atoms with Crippen LogP contribution in [0.4, 0.5) is 5.95 Å². The highest BCUT2D eigenvalue weighted by atomic mass is 32.1. The van der Waals surface area contributed by atoms with Crippen LogP contribution >= 0.6 is 11.3 Å². The molecule has 128 valence electrons. The molecular weight excluding hydrogens is 346 g/mol. The number of hydrogen-bond acceptors (Lipinski definition) is 6. The zero-order chi connectivity index (χ0) is 17.8. The van der Waals surface area contributed by atoms with Gasteiger partial charge in [0, 0.05) is 24.5 Å². The number of benzene rings is 1. The van der Waals surface area contributed by atoms with Gasteiger partial charge in [0.1, 0.15) is 0 Å². The van der Waals surface area contributed by atoms with E-state index >= 15 is 0 Å². The first-order valence-corrected chi connectivity index (χ1v) is 8.93. The number of anilines is 1. The van der Waals surface area contributed by atoms with Crippen LogP contribution in [0.1, 0.15) is 15.9 Å². The average molecular weight is 361 g/mol. The summed E-state index contributed by atoms with van der Waals surface area (Å²) in [6.45, 7) is 0.549. The Morgan fingerprint density at radius 2 is 1.85 bits per heavy atom. The number of nitrogens with zero attached hydrogens (tertiary/aromatic N) is 4. The zero-order valence-corrected chi connectivity index (χ0v) is 14.6. The van der Waals surface area contributed by atoms with Crippen LogP contribution in [0.2, 0.25) is 0 Å². The van der Waals surface area contributed by atoms with Crippen molar-refractivity contribution in [3.63, 3.8) is 0 Å². The van der Waals surface area contributed by atoms with Gasteiger partial charge in [0.25, 0.3) is 5.91 Å². The largest absolute Gasteiger partial charge is 0.350 e. The van der Waals surface area contributed by atoms with Crippen LogP contribution in [0.15, 0.2) is 72.4 Å². The summed E-state index contributed by atoms with van der Waals surface area (Å²) in [6, 6.07) is 17.1. The minimum absolute atomic E-state index is 0.252. The normalized spacial score (nSPS) is 10.6. The standard InChI is InChI=1S/C19H15N5OS/c25-18(15-8-10-20-11-9-15)24-19(21-13-14-5-2-1-3-6-14)22-17(23-24)16-7-4-12-26-16/h1-12H,13H2,(H,21,22,23). The fraction of sp³-hybridized carbons (Fsp3) is 0.0526. The number of hydrogen-bond donors (Lipinski definition) is 1. The third-order valence-electron chi connectivity index (χ3n) is 3.76. The van der Waals surface area contributed by atoms with Crippen molar-refractivity contribution in [1.82, 2.24) is 19.7 Å². The van der Waals surface area contributed by atoms with Gasteiger partial charge in [-0.3, -0.25) is 9.78 Å². The summed E-state index contributed by atoms with van der Waals surface area (Å²) >= 11 is 1.53. The average Bonchev–Trinajstić information content (AvgIpc) is 3.37. The van der Waals surface area contributed by atoms with Crippen LogP contribution in [0.25, 0.3) is 10.7 Å². The molecule has 4 rings (SSSR count). The summed E-state index contributed by atoms with van der Waals surface area (Å²) in [6.07, 6.45) is 3.17. The second kappa shape index (κ2) is 7.28. The van der Waals surface area contributed by atoms with Crippen molar-refractivity contribution in [2.24, 2.45) is 0 Å². The van der Waals surface area contributed by atoms with Gasteiger partial charge in [0.15, 0.2) is 5.82 Å². The van der Waals surface area contributed by atoms with E-state index in [-0.39, 0.29) is 5.91 Å². The van der Waals surface area contributed by atoms with Gasteiger partial charge in [-0.25, -0.2) is 0 Å². The Balaban J connectivity index is 1.67. The molecule has 0 fully saturated rings. The van der Waals surface area contributed by atoms with E-state index in [0.717, 1.165) is 10.4 Å². The van der Waals surface area contributed by atoms with E-state index in [2.05, 4.69) is 20.4 Å². The Morgan fingerprint density at radius 3 is 2.58 bits per heavy atom. The zero-order valence-electron chi connectivity index (χ0n) is 13.7. The molecule has 0 saturated carbocycles. The van der Waals surface area contributed by atoms with Crippen LogP contribution < -0.4 is 5.32 Å². The minimum Gasteiger partial charge on any atom is -0.350 e. The summed E-state index contributed by atoms with van der Waals surface area (Å²) in [5, 5.41) is 9.60. The number of nitrogens with one attached hydrogen (secondary N) is 1. The quantitative estimate of drug-likeness (QED) is 0.587. The van der Waals surface area contributed by atoms with E-state index in [1.54, 1.807) is 24.5 Å². The molecule has 0 spiro atoms. The molecule has 26 heavy (non-hydrogen) atoms. The smallest absolute Gasteiger partial charge is 0.281 e. The third kappa shape index (κ3) is 3.38. The molecule has 3 heterocycles. The van der Waals surface area contributed by atoms with Crippen molar-refractivity contribution < 1.29 is 4.79 Å². The fourth-order valence-electron chi connectivity index (χ4n) is 2.47. The maximum atomic E-state index is 12.9. The topological polar surface area (TPSA) is 72.7 Å². The SMILES string of the molecule is O=C(c1ccncc1)n1nc(-c2cccs2)nc1NCc1ccccc1. The van der Waals surface area contributed by atoms with Crippen LogP contribution in [-0.2, 0) is 6.54 Å². The second-order valence-electron chi connectivity index (χ2n) is 5.53. The van der Waals surface area contributed by atoms with Gasteiger partial charge in [-0.1, -0.05) is 36.4 Å². The molecule has 6 nitrogen and oxygen atoms in total. The molecule has 0 unspecified atom stereocenters. The number of pyridine rings is 1. The molecule has 4 aromatic rings. The Hall–Kier alpha value is -3.32. The first kappa shape index (κ1) is 16.2. The molecule has 0 radical (unpaired) electrons. The molecule has 7 heteroatoms. The van der Waals surface area contributed by atoms with Crippen molar-refractivity contribution in [2.45, 2.75) is 6.54 Å². The van der Waals surface area contributed by atoms with Gasteiger partial charge >= 0.3 is 0 Å². The molecule has 1 N–H and O–H groups in total. The summed E-state index contributed by atoms with van der Waals surface area (Å²) < 4.78 is 1.31.